The van der Waals surface area contributed by atoms with Crippen molar-refractivity contribution in [3.05, 3.63) is 63.9 Å². The Kier molecular flexibility index (Phi) is 4.60. The molecule has 0 aliphatic carbocycles. The highest BCUT2D eigenvalue weighted by atomic mass is 79.9. The van der Waals surface area contributed by atoms with E-state index in [4.69, 9.17) is 5.26 Å². The Morgan fingerprint density at radius 1 is 1.24 bits per heavy atom. The van der Waals surface area contributed by atoms with Gasteiger partial charge in [-0.3, -0.25) is 4.72 Å². The van der Waals surface area contributed by atoms with Crippen molar-refractivity contribution in [3.8, 4) is 6.07 Å². The highest BCUT2D eigenvalue weighted by molar-refractivity contribution is 9.10. The molecular weight excluding hydrogens is 359 g/mol. The summed E-state index contributed by atoms with van der Waals surface area (Å²) in [4.78, 5) is 0. The number of hydrogen-bond acceptors (Lipinski definition) is 3. The largest absolute Gasteiger partial charge is 0.280 e. The van der Waals surface area contributed by atoms with E-state index in [0.29, 0.717) is 10.0 Å². The number of sulfonamides is 1. The molecule has 0 aliphatic heterocycles. The van der Waals surface area contributed by atoms with E-state index in [9.17, 15) is 12.8 Å². The summed E-state index contributed by atoms with van der Waals surface area (Å²) in [6.45, 7) is 0. The number of benzene rings is 2. The summed E-state index contributed by atoms with van der Waals surface area (Å²) in [5.41, 5.74) is 0.511. The van der Waals surface area contributed by atoms with Gasteiger partial charge < -0.3 is 0 Å². The lowest BCUT2D eigenvalue weighted by molar-refractivity contribution is 0.597. The number of hydrogen-bond donors (Lipinski definition) is 1. The Morgan fingerprint density at radius 2 is 1.95 bits per heavy atom. The maximum atomic E-state index is 13.7. The normalized spacial score (nSPS) is 10.9. The minimum atomic E-state index is -3.81. The molecule has 0 bridgehead atoms. The second-order valence-corrected chi connectivity index (χ2v) is 6.89. The van der Waals surface area contributed by atoms with Crippen LogP contribution in [0.1, 0.15) is 11.1 Å². The molecule has 0 fully saturated rings. The molecule has 1 N–H and O–H groups in total. The standard InChI is InChI=1S/C14H10BrFN2O2S/c15-12-5-6-14(13(16)7-12)18-21(19,20)9-11-4-2-1-3-10(11)8-17/h1-7,18H,9H2. The zero-order valence-corrected chi connectivity index (χ0v) is 13.1. The van der Waals surface area contributed by atoms with E-state index in [0.717, 1.165) is 0 Å². The highest BCUT2D eigenvalue weighted by Gasteiger charge is 2.16. The predicted octanol–water partition coefficient (Wildman–Crippen LogP) is 3.40. The van der Waals surface area contributed by atoms with Crippen molar-refractivity contribution in [1.82, 2.24) is 0 Å². The lowest BCUT2D eigenvalue weighted by Crippen LogP contribution is -2.16. The molecule has 0 unspecified atom stereocenters. The summed E-state index contributed by atoms with van der Waals surface area (Å²) in [5, 5.41) is 8.95. The van der Waals surface area contributed by atoms with E-state index in [1.165, 1.54) is 24.3 Å². The van der Waals surface area contributed by atoms with Gasteiger partial charge in [0.25, 0.3) is 0 Å². The van der Waals surface area contributed by atoms with Gasteiger partial charge >= 0.3 is 0 Å². The van der Waals surface area contributed by atoms with Crippen molar-refractivity contribution in [3.63, 3.8) is 0 Å². The fraction of sp³-hybridized carbons (Fsp3) is 0.0714. The van der Waals surface area contributed by atoms with Gasteiger partial charge in [-0.1, -0.05) is 34.1 Å². The Bertz CT molecular complexity index is 816. The van der Waals surface area contributed by atoms with Crippen molar-refractivity contribution in [2.45, 2.75) is 5.75 Å². The first-order valence-corrected chi connectivity index (χ1v) is 8.29. The van der Waals surface area contributed by atoms with Gasteiger partial charge in [0.15, 0.2) is 0 Å². The zero-order chi connectivity index (χ0) is 15.5. The van der Waals surface area contributed by atoms with E-state index in [-0.39, 0.29) is 11.3 Å². The van der Waals surface area contributed by atoms with Gasteiger partial charge in [0, 0.05) is 4.47 Å². The summed E-state index contributed by atoms with van der Waals surface area (Å²) >= 11 is 3.10. The minimum absolute atomic E-state index is 0.132. The van der Waals surface area contributed by atoms with E-state index < -0.39 is 21.6 Å². The quantitative estimate of drug-likeness (QED) is 0.898. The fourth-order valence-corrected chi connectivity index (χ4v) is 3.30. The molecule has 21 heavy (non-hydrogen) atoms. The molecule has 0 aromatic heterocycles. The summed E-state index contributed by atoms with van der Waals surface area (Å²) < 4.78 is 40.5. The van der Waals surface area contributed by atoms with E-state index in [1.54, 1.807) is 18.2 Å². The molecule has 7 heteroatoms. The SMILES string of the molecule is N#Cc1ccccc1CS(=O)(=O)Nc1ccc(Br)cc1F. The Balaban J connectivity index is 2.25. The maximum absolute atomic E-state index is 13.7. The second kappa shape index (κ2) is 6.24. The van der Waals surface area contributed by atoms with Gasteiger partial charge in [0.1, 0.15) is 5.82 Å². The van der Waals surface area contributed by atoms with Gasteiger partial charge in [-0.2, -0.15) is 5.26 Å². The molecule has 108 valence electrons. The number of anilines is 1. The highest BCUT2D eigenvalue weighted by Crippen LogP contribution is 2.21. The lowest BCUT2D eigenvalue weighted by Gasteiger charge is -2.10. The van der Waals surface area contributed by atoms with Crippen LogP contribution in [0.3, 0.4) is 0 Å². The van der Waals surface area contributed by atoms with Crippen LogP contribution in [0.5, 0.6) is 0 Å². The Morgan fingerprint density at radius 3 is 2.62 bits per heavy atom. The van der Waals surface area contributed by atoms with Crippen molar-refractivity contribution in [2.24, 2.45) is 0 Å². The third-order valence-electron chi connectivity index (χ3n) is 2.68. The third-order valence-corrected chi connectivity index (χ3v) is 4.40. The average molecular weight is 369 g/mol. The van der Waals surface area contributed by atoms with Gasteiger partial charge in [-0.05, 0) is 29.8 Å². The average Bonchev–Trinajstić information content (AvgIpc) is 2.42. The van der Waals surface area contributed by atoms with Crippen LogP contribution in [0.4, 0.5) is 10.1 Å². The van der Waals surface area contributed by atoms with Gasteiger partial charge in [0.2, 0.25) is 10.0 Å². The predicted molar refractivity (Wildman–Crippen MR) is 81.5 cm³/mol. The van der Waals surface area contributed by atoms with Gasteiger partial charge in [-0.15, -0.1) is 0 Å². The van der Waals surface area contributed by atoms with Crippen LogP contribution in [0.15, 0.2) is 46.9 Å². The summed E-state index contributed by atoms with van der Waals surface area (Å²) in [5.74, 6) is -1.08. The Labute approximate surface area is 130 Å². The first-order valence-electron chi connectivity index (χ1n) is 5.85. The molecule has 2 aromatic rings. The number of nitriles is 1. The smallest absolute Gasteiger partial charge is 0.237 e. The van der Waals surface area contributed by atoms with Gasteiger partial charge in [0.05, 0.1) is 23.1 Å². The van der Waals surface area contributed by atoms with Crippen molar-refractivity contribution >= 4 is 31.6 Å². The van der Waals surface area contributed by atoms with E-state index in [2.05, 4.69) is 20.7 Å². The van der Waals surface area contributed by atoms with Crippen LogP contribution in [-0.4, -0.2) is 8.42 Å². The number of nitrogens with one attached hydrogen (secondary N) is 1. The molecule has 2 rings (SSSR count). The molecule has 0 heterocycles. The number of nitrogens with zero attached hydrogens (tertiary/aromatic N) is 1. The number of halogens is 2. The molecule has 0 spiro atoms. The van der Waals surface area contributed by atoms with Crippen LogP contribution in [0.25, 0.3) is 0 Å². The van der Waals surface area contributed by atoms with Crippen molar-refractivity contribution < 1.29 is 12.8 Å². The molecule has 0 saturated heterocycles. The number of rotatable bonds is 4. The van der Waals surface area contributed by atoms with Crippen LogP contribution in [0, 0.1) is 17.1 Å². The first-order chi connectivity index (χ1) is 9.91. The summed E-state index contributed by atoms with van der Waals surface area (Å²) in [7, 11) is -3.81. The molecular formula is C14H10BrFN2O2S. The first kappa shape index (κ1) is 15.5. The monoisotopic (exact) mass is 368 g/mol. The third kappa shape index (κ3) is 4.03. The van der Waals surface area contributed by atoms with Crippen LogP contribution in [0.2, 0.25) is 0 Å². The molecule has 4 nitrogen and oxygen atoms in total. The molecule has 2 aromatic carbocycles. The van der Waals surface area contributed by atoms with E-state index >= 15 is 0 Å². The van der Waals surface area contributed by atoms with Crippen molar-refractivity contribution in [1.29, 1.82) is 5.26 Å². The van der Waals surface area contributed by atoms with E-state index in [1.807, 2.05) is 6.07 Å². The molecule has 0 saturated carbocycles. The minimum Gasteiger partial charge on any atom is -0.280 e. The summed E-state index contributed by atoms with van der Waals surface area (Å²) in [6.07, 6.45) is 0. The second-order valence-electron chi connectivity index (χ2n) is 4.25. The van der Waals surface area contributed by atoms with Crippen LogP contribution >= 0.6 is 15.9 Å². The molecule has 0 radical (unpaired) electrons. The lowest BCUT2D eigenvalue weighted by atomic mass is 10.1. The summed E-state index contributed by atoms with van der Waals surface area (Å²) in [6, 6.07) is 12.3. The zero-order valence-electron chi connectivity index (χ0n) is 10.7. The molecule has 0 atom stereocenters. The van der Waals surface area contributed by atoms with Crippen LogP contribution in [-0.2, 0) is 15.8 Å². The Hall–Kier alpha value is -1.91. The molecule has 0 amide bonds. The van der Waals surface area contributed by atoms with Crippen molar-refractivity contribution in [2.75, 3.05) is 4.72 Å². The fourth-order valence-electron chi connectivity index (χ4n) is 1.74. The van der Waals surface area contributed by atoms with Gasteiger partial charge in [-0.25, -0.2) is 12.8 Å². The molecule has 0 aliphatic rings. The topological polar surface area (TPSA) is 70.0 Å². The maximum Gasteiger partial charge on any atom is 0.237 e. The van der Waals surface area contributed by atoms with Crippen LogP contribution < -0.4 is 4.72 Å².